The fourth-order valence-corrected chi connectivity index (χ4v) is 16.9. The molecule has 28 heavy (non-hydrogen) atoms. The van der Waals surface area contributed by atoms with Gasteiger partial charge in [0.05, 0.1) is 12.7 Å². The molecule has 0 aliphatic heterocycles. The first kappa shape index (κ1) is 28.0. The Morgan fingerprint density at radius 3 is 1.18 bits per heavy atom. The van der Waals surface area contributed by atoms with Gasteiger partial charge >= 0.3 is 0 Å². The lowest BCUT2D eigenvalue weighted by Crippen LogP contribution is -2.54. The van der Waals surface area contributed by atoms with E-state index in [1.165, 1.54) is 0 Å². The second kappa shape index (κ2) is 11.4. The molecule has 0 N–H and O–H groups in total. The van der Waals surface area contributed by atoms with Crippen LogP contribution in [0.2, 0.25) is 33.2 Å². The summed E-state index contributed by atoms with van der Waals surface area (Å²) in [4.78, 5) is 11.8. The monoisotopic (exact) mass is 430 g/mol. The molecule has 0 radical (unpaired) electrons. The van der Waals surface area contributed by atoms with Crippen LogP contribution in [-0.4, -0.2) is 35.6 Å². The van der Waals surface area contributed by atoms with Gasteiger partial charge in [0.1, 0.15) is 6.29 Å². The van der Waals surface area contributed by atoms with E-state index >= 15 is 0 Å². The van der Waals surface area contributed by atoms with Gasteiger partial charge in [0, 0.05) is 5.92 Å². The van der Waals surface area contributed by atoms with Crippen molar-refractivity contribution in [1.82, 2.24) is 0 Å². The van der Waals surface area contributed by atoms with E-state index in [4.69, 9.17) is 8.85 Å². The lowest BCUT2D eigenvalue weighted by Gasteiger charge is -2.47. The summed E-state index contributed by atoms with van der Waals surface area (Å²) < 4.78 is 13.9. The van der Waals surface area contributed by atoms with E-state index in [2.05, 4.69) is 83.1 Å². The summed E-state index contributed by atoms with van der Waals surface area (Å²) >= 11 is 0. The Labute approximate surface area is 178 Å². The average Bonchev–Trinajstić information content (AvgIpc) is 2.55. The van der Waals surface area contributed by atoms with Gasteiger partial charge in [0.2, 0.25) is 8.32 Å². The fraction of sp³-hybridized carbons (Fsp3) is 0.957. The maximum atomic E-state index is 11.8. The van der Waals surface area contributed by atoms with Crippen molar-refractivity contribution in [3.63, 3.8) is 0 Å². The highest BCUT2D eigenvalue weighted by Gasteiger charge is 2.49. The molecule has 2 atom stereocenters. The molecular formula is C23H50O3Si2. The first-order valence-corrected chi connectivity index (χ1v) is 15.8. The summed E-state index contributed by atoms with van der Waals surface area (Å²) in [5, 5.41) is 0. The zero-order valence-electron chi connectivity index (χ0n) is 21.1. The van der Waals surface area contributed by atoms with Gasteiger partial charge < -0.3 is 13.6 Å². The molecule has 0 aromatic rings. The molecule has 0 unspecified atom stereocenters. The lowest BCUT2D eigenvalue weighted by atomic mass is 10.1. The standard InChI is InChI=1S/C23H50O3Si2/c1-16(2)27(17(3)4,18(5)6)25-15-23(22(13)14-24)26-28(19(7)8,20(9)10)21(11)12/h14,16-23H,15H2,1-13H3/t22-,23-/m1/s1. The highest BCUT2D eigenvalue weighted by molar-refractivity contribution is 6.78. The molecule has 0 rings (SSSR count). The third-order valence-electron chi connectivity index (χ3n) is 7.07. The van der Waals surface area contributed by atoms with E-state index in [1.807, 2.05) is 6.92 Å². The summed E-state index contributed by atoms with van der Waals surface area (Å²) in [7, 11) is -4.06. The van der Waals surface area contributed by atoms with Gasteiger partial charge in [-0.3, -0.25) is 0 Å². The van der Waals surface area contributed by atoms with Gasteiger partial charge in [-0.2, -0.15) is 0 Å². The molecular weight excluding hydrogens is 380 g/mol. The molecule has 0 amide bonds. The molecule has 3 nitrogen and oxygen atoms in total. The first-order chi connectivity index (χ1) is 12.7. The summed E-state index contributed by atoms with van der Waals surface area (Å²) in [5.74, 6) is -0.152. The molecule has 5 heteroatoms. The molecule has 0 saturated heterocycles. The predicted molar refractivity (Wildman–Crippen MR) is 128 cm³/mol. The normalized spacial score (nSPS) is 16.1. The van der Waals surface area contributed by atoms with E-state index < -0.39 is 16.6 Å². The lowest BCUT2D eigenvalue weighted by molar-refractivity contribution is -0.114. The van der Waals surface area contributed by atoms with E-state index in [0.29, 0.717) is 39.9 Å². The smallest absolute Gasteiger partial charge is 0.200 e. The minimum atomic E-state index is -2.07. The Kier molecular flexibility index (Phi) is 11.4. The summed E-state index contributed by atoms with van der Waals surface area (Å²) in [6.45, 7) is 30.2. The van der Waals surface area contributed by atoms with Crippen molar-refractivity contribution in [3.05, 3.63) is 0 Å². The first-order valence-electron chi connectivity index (χ1n) is 11.5. The van der Waals surface area contributed by atoms with E-state index in [-0.39, 0.29) is 12.0 Å². The summed E-state index contributed by atoms with van der Waals surface area (Å²) in [5.41, 5.74) is 3.08. The van der Waals surface area contributed by atoms with Crippen LogP contribution in [0.4, 0.5) is 0 Å². The van der Waals surface area contributed by atoms with Gasteiger partial charge in [0.15, 0.2) is 8.32 Å². The molecule has 0 aliphatic carbocycles. The topological polar surface area (TPSA) is 35.5 Å². The zero-order valence-corrected chi connectivity index (χ0v) is 23.1. The van der Waals surface area contributed by atoms with Crippen LogP contribution >= 0.6 is 0 Å². The maximum Gasteiger partial charge on any atom is 0.200 e. The Hall–Kier alpha value is 0.0238. The number of rotatable bonds is 13. The van der Waals surface area contributed by atoms with Crippen molar-refractivity contribution >= 4 is 22.9 Å². The Balaban J connectivity index is 5.92. The number of hydrogen-bond donors (Lipinski definition) is 0. The Morgan fingerprint density at radius 2 is 0.929 bits per heavy atom. The van der Waals surface area contributed by atoms with Crippen molar-refractivity contribution in [2.24, 2.45) is 5.92 Å². The van der Waals surface area contributed by atoms with Crippen LogP contribution < -0.4 is 0 Å². The van der Waals surface area contributed by atoms with Gasteiger partial charge in [-0.05, 0) is 33.2 Å². The number of aldehydes is 1. The van der Waals surface area contributed by atoms with Gasteiger partial charge in [-0.15, -0.1) is 0 Å². The van der Waals surface area contributed by atoms with Crippen LogP contribution in [0, 0.1) is 5.92 Å². The summed E-state index contributed by atoms with van der Waals surface area (Å²) in [6.07, 6.45) is 0.900. The van der Waals surface area contributed by atoms with Crippen molar-refractivity contribution in [3.8, 4) is 0 Å². The molecule has 0 spiro atoms. The minimum absolute atomic E-state index is 0.152. The van der Waals surface area contributed by atoms with Crippen LogP contribution in [0.3, 0.4) is 0 Å². The third-order valence-corrected chi connectivity index (χ3v) is 19.3. The van der Waals surface area contributed by atoms with Crippen molar-refractivity contribution in [2.45, 2.75) is 129 Å². The largest absolute Gasteiger partial charge is 0.413 e. The van der Waals surface area contributed by atoms with Crippen molar-refractivity contribution < 1.29 is 13.6 Å². The molecule has 0 fully saturated rings. The van der Waals surface area contributed by atoms with Gasteiger partial charge in [-0.25, -0.2) is 0 Å². The van der Waals surface area contributed by atoms with Crippen molar-refractivity contribution in [2.75, 3.05) is 6.61 Å². The number of carbonyl (C=O) groups is 1. The number of carbonyl (C=O) groups excluding carboxylic acids is 1. The zero-order chi connectivity index (χ0) is 22.4. The van der Waals surface area contributed by atoms with E-state index in [9.17, 15) is 4.79 Å². The molecule has 0 aromatic heterocycles. The molecule has 0 aromatic carbocycles. The minimum Gasteiger partial charge on any atom is -0.413 e. The maximum absolute atomic E-state index is 11.8. The van der Waals surface area contributed by atoms with Gasteiger partial charge in [0.25, 0.3) is 0 Å². The Bertz CT molecular complexity index is 415. The quantitative estimate of drug-likeness (QED) is 0.223. The molecule has 0 heterocycles. The molecule has 0 aliphatic rings. The SMILES string of the molecule is CC(C)[Si](OC[C@@H](O[Si](C(C)C)(C(C)C)C(C)C)[C@H](C)C=O)(C(C)C)C(C)C. The molecule has 0 bridgehead atoms. The van der Waals surface area contributed by atoms with E-state index in [0.717, 1.165) is 6.29 Å². The van der Waals surface area contributed by atoms with Gasteiger partial charge in [-0.1, -0.05) is 90.0 Å². The molecule has 168 valence electrons. The van der Waals surface area contributed by atoms with Crippen LogP contribution in [0.15, 0.2) is 0 Å². The summed E-state index contributed by atoms with van der Waals surface area (Å²) in [6, 6.07) is 0. The molecule has 0 saturated carbocycles. The highest BCUT2D eigenvalue weighted by Crippen LogP contribution is 2.45. The Morgan fingerprint density at radius 1 is 0.607 bits per heavy atom. The van der Waals surface area contributed by atoms with Crippen LogP contribution in [0.25, 0.3) is 0 Å². The highest BCUT2D eigenvalue weighted by atomic mass is 28.4. The average molecular weight is 431 g/mol. The van der Waals surface area contributed by atoms with Crippen molar-refractivity contribution in [1.29, 1.82) is 0 Å². The van der Waals surface area contributed by atoms with Crippen LogP contribution in [0.5, 0.6) is 0 Å². The number of hydrogen-bond acceptors (Lipinski definition) is 3. The predicted octanol–water partition coefficient (Wildman–Crippen LogP) is 7.57. The van der Waals surface area contributed by atoms with Crippen LogP contribution in [-0.2, 0) is 13.6 Å². The van der Waals surface area contributed by atoms with E-state index in [1.54, 1.807) is 0 Å². The second-order valence-corrected chi connectivity index (χ2v) is 21.5. The van der Waals surface area contributed by atoms with Crippen LogP contribution in [0.1, 0.15) is 90.0 Å². The second-order valence-electron chi connectivity index (χ2n) is 10.6. The third kappa shape index (κ3) is 5.80. The fourth-order valence-electron chi connectivity index (χ4n) is 5.78.